The molecule has 2 atom stereocenters. The van der Waals surface area contributed by atoms with Crippen LogP contribution in [0.25, 0.3) is 0 Å². The lowest BCUT2D eigenvalue weighted by Crippen LogP contribution is -2.50. The number of hydrogen-bond donors (Lipinski definition) is 2. The van der Waals surface area contributed by atoms with E-state index >= 15 is 0 Å². The van der Waals surface area contributed by atoms with E-state index in [2.05, 4.69) is 19.8 Å². The lowest BCUT2D eigenvalue weighted by atomic mass is 9.96. The molecule has 1 aromatic heterocycles. The van der Waals surface area contributed by atoms with Gasteiger partial charge < -0.3 is 10.1 Å². The zero-order valence-corrected chi connectivity index (χ0v) is 12.9. The fraction of sp³-hybridized carbons (Fsp3) is 0.636. The van der Waals surface area contributed by atoms with Crippen molar-refractivity contribution in [3.63, 3.8) is 0 Å². The van der Waals surface area contributed by atoms with Gasteiger partial charge >= 0.3 is 5.97 Å². The maximum atomic E-state index is 12.4. The molecule has 1 saturated heterocycles. The Morgan fingerprint density at radius 3 is 3.00 bits per heavy atom. The molecule has 1 aliphatic rings. The van der Waals surface area contributed by atoms with Gasteiger partial charge in [-0.1, -0.05) is 6.92 Å². The van der Waals surface area contributed by atoms with E-state index in [9.17, 15) is 13.2 Å². The molecule has 7 nitrogen and oxygen atoms in total. The minimum absolute atomic E-state index is 0.0953. The summed E-state index contributed by atoms with van der Waals surface area (Å²) < 4.78 is 31.8. The van der Waals surface area contributed by atoms with Crippen LogP contribution in [0, 0.1) is 5.92 Å². The fourth-order valence-electron chi connectivity index (χ4n) is 2.06. The van der Waals surface area contributed by atoms with Crippen molar-refractivity contribution in [2.75, 3.05) is 20.2 Å². The van der Waals surface area contributed by atoms with Crippen molar-refractivity contribution in [2.24, 2.45) is 5.92 Å². The predicted octanol–water partition coefficient (Wildman–Crippen LogP) is 0.206. The van der Waals surface area contributed by atoms with Gasteiger partial charge in [-0.2, -0.15) is 0 Å². The van der Waals surface area contributed by atoms with Crippen LogP contribution in [0.2, 0.25) is 0 Å². The topological polar surface area (TPSA) is 97.4 Å². The van der Waals surface area contributed by atoms with E-state index in [0.717, 1.165) is 24.3 Å². The summed E-state index contributed by atoms with van der Waals surface area (Å²) in [6, 6.07) is -0.193. The molecule has 1 aliphatic heterocycles. The monoisotopic (exact) mass is 319 g/mol. The molecule has 0 saturated carbocycles. The number of sulfonamides is 1. The summed E-state index contributed by atoms with van der Waals surface area (Å²) in [7, 11) is -2.58. The van der Waals surface area contributed by atoms with Gasteiger partial charge in [-0.3, -0.25) is 0 Å². The summed E-state index contributed by atoms with van der Waals surface area (Å²) in [5, 5.41) is 3.15. The molecule has 9 heteroatoms. The van der Waals surface area contributed by atoms with Gasteiger partial charge in [0.05, 0.1) is 12.6 Å². The van der Waals surface area contributed by atoms with Gasteiger partial charge in [-0.05, 0) is 18.9 Å². The lowest BCUT2D eigenvalue weighted by Gasteiger charge is -2.29. The lowest BCUT2D eigenvalue weighted by molar-refractivity contribution is 0.0590. The summed E-state index contributed by atoms with van der Waals surface area (Å²) >= 11 is 0.907. The SMILES string of the molecule is COC(=O)c1ncsc1S(=O)(=O)NC1CNCCC1C. The Bertz CT molecular complexity index is 584. The summed E-state index contributed by atoms with van der Waals surface area (Å²) in [5.41, 5.74) is 1.16. The predicted molar refractivity (Wildman–Crippen MR) is 74.2 cm³/mol. The number of rotatable bonds is 4. The number of piperidine rings is 1. The highest BCUT2D eigenvalue weighted by Crippen LogP contribution is 2.22. The van der Waals surface area contributed by atoms with Crippen molar-refractivity contribution in [3.8, 4) is 0 Å². The maximum Gasteiger partial charge on any atom is 0.358 e. The zero-order chi connectivity index (χ0) is 14.8. The number of nitrogens with zero attached hydrogens (tertiary/aromatic N) is 1. The second-order valence-electron chi connectivity index (χ2n) is 4.68. The first-order valence-electron chi connectivity index (χ1n) is 6.20. The minimum Gasteiger partial charge on any atom is -0.464 e. The molecule has 0 radical (unpaired) electrons. The Balaban J connectivity index is 2.22. The fourth-order valence-corrected chi connectivity index (χ4v) is 4.55. The van der Waals surface area contributed by atoms with Crippen LogP contribution in [-0.4, -0.2) is 45.6 Å². The quantitative estimate of drug-likeness (QED) is 0.770. The molecule has 1 aromatic rings. The number of hydrogen-bond acceptors (Lipinski definition) is 7. The molecule has 112 valence electrons. The van der Waals surface area contributed by atoms with E-state index in [1.54, 1.807) is 0 Å². The number of esters is 1. The van der Waals surface area contributed by atoms with Crippen molar-refractivity contribution in [2.45, 2.75) is 23.6 Å². The molecule has 2 unspecified atom stereocenters. The molecule has 0 aliphatic carbocycles. The van der Waals surface area contributed by atoms with E-state index in [0.29, 0.717) is 6.54 Å². The van der Waals surface area contributed by atoms with E-state index < -0.39 is 16.0 Å². The van der Waals surface area contributed by atoms with Crippen LogP contribution >= 0.6 is 11.3 Å². The maximum absolute atomic E-state index is 12.4. The van der Waals surface area contributed by atoms with Gasteiger partial charge in [0.15, 0.2) is 9.90 Å². The van der Waals surface area contributed by atoms with E-state index in [1.165, 1.54) is 12.6 Å². The van der Waals surface area contributed by atoms with Gasteiger partial charge in [0.25, 0.3) is 10.0 Å². The molecule has 0 spiro atoms. The average Bonchev–Trinajstić information content (AvgIpc) is 2.90. The molecule has 2 N–H and O–H groups in total. The number of thiazole rings is 1. The Labute approximate surface area is 121 Å². The molecule has 0 aromatic carbocycles. The molecule has 2 heterocycles. The third-order valence-corrected chi connectivity index (χ3v) is 6.15. The Morgan fingerprint density at radius 2 is 2.35 bits per heavy atom. The molecular formula is C11H17N3O4S2. The molecule has 20 heavy (non-hydrogen) atoms. The highest BCUT2D eigenvalue weighted by Gasteiger charge is 2.31. The summed E-state index contributed by atoms with van der Waals surface area (Å²) in [6.45, 7) is 3.46. The first kappa shape index (κ1) is 15.4. The summed E-state index contributed by atoms with van der Waals surface area (Å²) in [5.74, 6) is -0.512. The highest BCUT2D eigenvalue weighted by atomic mass is 32.2. The summed E-state index contributed by atoms with van der Waals surface area (Å²) in [6.07, 6.45) is 0.903. The molecule has 0 bridgehead atoms. The van der Waals surface area contributed by atoms with Crippen LogP contribution in [0.4, 0.5) is 0 Å². The standard InChI is InChI=1S/C11H17N3O4S2/c1-7-3-4-12-5-8(7)14-20(16,17)11-9(10(15)18-2)13-6-19-11/h6-8,12,14H,3-5H2,1-2H3. The number of nitrogens with one attached hydrogen (secondary N) is 2. The van der Waals surface area contributed by atoms with Crippen LogP contribution in [0.3, 0.4) is 0 Å². The normalized spacial score (nSPS) is 23.5. The van der Waals surface area contributed by atoms with E-state index in [1.807, 2.05) is 6.92 Å². The van der Waals surface area contributed by atoms with Crippen LogP contribution in [0.15, 0.2) is 9.72 Å². The van der Waals surface area contributed by atoms with Crippen molar-refractivity contribution in [1.29, 1.82) is 0 Å². The third-order valence-electron chi connectivity index (χ3n) is 3.29. The first-order chi connectivity index (χ1) is 9.45. The van der Waals surface area contributed by atoms with Crippen LogP contribution in [0.1, 0.15) is 23.8 Å². The first-order valence-corrected chi connectivity index (χ1v) is 8.57. The largest absolute Gasteiger partial charge is 0.464 e. The second-order valence-corrected chi connectivity index (χ2v) is 7.44. The smallest absolute Gasteiger partial charge is 0.358 e. The van der Waals surface area contributed by atoms with Crippen molar-refractivity contribution < 1.29 is 17.9 Å². The Kier molecular flexibility index (Phi) is 4.74. The van der Waals surface area contributed by atoms with Gasteiger partial charge in [0.2, 0.25) is 0 Å². The number of carbonyl (C=O) groups is 1. The number of methoxy groups -OCH3 is 1. The van der Waals surface area contributed by atoms with Crippen molar-refractivity contribution in [3.05, 3.63) is 11.2 Å². The van der Waals surface area contributed by atoms with Gasteiger partial charge in [-0.15, -0.1) is 11.3 Å². The van der Waals surface area contributed by atoms with Crippen LogP contribution in [0.5, 0.6) is 0 Å². The zero-order valence-electron chi connectivity index (χ0n) is 11.3. The molecular weight excluding hydrogens is 302 g/mol. The number of carbonyl (C=O) groups excluding carboxylic acids is 1. The second kappa shape index (κ2) is 6.17. The Morgan fingerprint density at radius 1 is 1.60 bits per heavy atom. The highest BCUT2D eigenvalue weighted by molar-refractivity contribution is 7.91. The van der Waals surface area contributed by atoms with Crippen LogP contribution < -0.4 is 10.0 Å². The van der Waals surface area contributed by atoms with E-state index in [4.69, 9.17) is 0 Å². The molecule has 2 rings (SSSR count). The third kappa shape index (κ3) is 3.17. The minimum atomic E-state index is -3.77. The Hall–Kier alpha value is -1.03. The molecule has 1 fully saturated rings. The molecule has 0 amide bonds. The van der Waals surface area contributed by atoms with Crippen molar-refractivity contribution in [1.82, 2.24) is 15.0 Å². The van der Waals surface area contributed by atoms with Gasteiger partial charge in [0, 0.05) is 12.6 Å². The van der Waals surface area contributed by atoms with Gasteiger partial charge in [0.1, 0.15) is 0 Å². The van der Waals surface area contributed by atoms with E-state index in [-0.39, 0.29) is 21.9 Å². The number of aromatic nitrogens is 1. The number of ether oxygens (including phenoxy) is 1. The van der Waals surface area contributed by atoms with Gasteiger partial charge in [-0.25, -0.2) is 22.9 Å². The van der Waals surface area contributed by atoms with Crippen molar-refractivity contribution >= 4 is 27.3 Å². The van der Waals surface area contributed by atoms with Crippen LogP contribution in [-0.2, 0) is 14.8 Å². The average molecular weight is 319 g/mol. The summed E-state index contributed by atoms with van der Waals surface area (Å²) in [4.78, 5) is 15.3.